The summed E-state index contributed by atoms with van der Waals surface area (Å²) in [5.41, 5.74) is 0. The summed E-state index contributed by atoms with van der Waals surface area (Å²) in [7, 11) is 0. The van der Waals surface area contributed by atoms with E-state index in [0.717, 1.165) is 31.6 Å². The number of ether oxygens (including phenoxy) is 1. The van der Waals surface area contributed by atoms with Crippen LogP contribution in [0.3, 0.4) is 0 Å². The van der Waals surface area contributed by atoms with Crippen LogP contribution in [0.4, 0.5) is 13.2 Å². The zero-order valence-corrected chi connectivity index (χ0v) is 8.72. The molecule has 88 valence electrons. The van der Waals surface area contributed by atoms with Crippen LogP contribution in [0.15, 0.2) is 0 Å². The Balaban J connectivity index is 1.82. The van der Waals surface area contributed by atoms with Crippen molar-refractivity contribution in [3.63, 3.8) is 0 Å². The molecular weight excluding hydrogens is 206 g/mol. The summed E-state index contributed by atoms with van der Waals surface area (Å²) in [6.45, 7) is -1.07. The van der Waals surface area contributed by atoms with Gasteiger partial charge in [0.15, 0.2) is 0 Å². The standard InChI is InChI=1S/C11H17F3O/c12-11(13,14)7-15-10-5-4-8-2-1-3-9(10)6-8/h8-10H,1-7H2/t8-,9-,10-/m1/s1/i10+1. The lowest BCUT2D eigenvalue weighted by molar-refractivity contribution is -0.196. The molecule has 0 saturated heterocycles. The van der Waals surface area contributed by atoms with Crippen LogP contribution in [0, 0.1) is 11.8 Å². The Morgan fingerprint density at radius 1 is 1.07 bits per heavy atom. The Bertz CT molecular complexity index is 214. The molecule has 0 aliphatic heterocycles. The van der Waals surface area contributed by atoms with Crippen molar-refractivity contribution < 1.29 is 17.9 Å². The van der Waals surface area contributed by atoms with E-state index >= 15 is 0 Å². The molecule has 0 amide bonds. The second kappa shape index (κ2) is 4.32. The van der Waals surface area contributed by atoms with Crippen LogP contribution in [-0.2, 0) is 4.74 Å². The van der Waals surface area contributed by atoms with Crippen LogP contribution in [0.5, 0.6) is 0 Å². The Morgan fingerprint density at radius 2 is 1.87 bits per heavy atom. The second-order valence-electron chi connectivity index (χ2n) is 4.83. The van der Waals surface area contributed by atoms with Gasteiger partial charge in [0.1, 0.15) is 6.61 Å². The van der Waals surface area contributed by atoms with Gasteiger partial charge in [0.05, 0.1) is 6.10 Å². The molecular formula is C11H17F3O. The highest BCUT2D eigenvalue weighted by atomic mass is 19.4. The molecule has 0 unspecified atom stereocenters. The smallest absolute Gasteiger partial charge is 0.369 e. The molecule has 2 rings (SSSR count). The highest BCUT2D eigenvalue weighted by Crippen LogP contribution is 2.41. The molecule has 2 bridgehead atoms. The van der Waals surface area contributed by atoms with Gasteiger partial charge in [-0.1, -0.05) is 12.8 Å². The van der Waals surface area contributed by atoms with Gasteiger partial charge in [-0.05, 0) is 37.5 Å². The lowest BCUT2D eigenvalue weighted by atomic mass is 9.78. The maximum atomic E-state index is 12.0. The quantitative estimate of drug-likeness (QED) is 0.651. The number of fused-ring (bicyclic) bond motifs is 2. The monoisotopic (exact) mass is 223 g/mol. The number of hydrogen-bond donors (Lipinski definition) is 0. The molecule has 2 fully saturated rings. The molecule has 1 nitrogen and oxygen atoms in total. The van der Waals surface area contributed by atoms with Crippen molar-refractivity contribution in [3.05, 3.63) is 0 Å². The lowest BCUT2D eigenvalue weighted by Crippen LogP contribution is -2.36. The van der Waals surface area contributed by atoms with Crippen LogP contribution in [0.2, 0.25) is 0 Å². The van der Waals surface area contributed by atoms with Crippen molar-refractivity contribution in [1.82, 2.24) is 0 Å². The molecule has 15 heavy (non-hydrogen) atoms. The van der Waals surface area contributed by atoms with Crippen molar-refractivity contribution in [2.75, 3.05) is 6.61 Å². The third-order valence-electron chi connectivity index (χ3n) is 3.67. The normalized spacial score (nSPS) is 36.6. The van der Waals surface area contributed by atoms with E-state index in [1.165, 1.54) is 12.8 Å². The first kappa shape index (κ1) is 11.2. The molecule has 0 heterocycles. The van der Waals surface area contributed by atoms with Gasteiger partial charge in [-0.15, -0.1) is 0 Å². The van der Waals surface area contributed by atoms with Crippen LogP contribution >= 0.6 is 0 Å². The van der Waals surface area contributed by atoms with Gasteiger partial charge in [-0.3, -0.25) is 0 Å². The van der Waals surface area contributed by atoms with Crippen LogP contribution in [-0.4, -0.2) is 18.9 Å². The fourth-order valence-corrected chi connectivity index (χ4v) is 2.99. The molecule has 2 aliphatic carbocycles. The fourth-order valence-electron chi connectivity index (χ4n) is 2.99. The predicted octanol–water partition coefficient (Wildman–Crippen LogP) is 3.53. The molecule has 0 radical (unpaired) electrons. The minimum absolute atomic E-state index is 0.136. The zero-order valence-electron chi connectivity index (χ0n) is 8.72. The Kier molecular flexibility index (Phi) is 3.24. The van der Waals surface area contributed by atoms with E-state index in [2.05, 4.69) is 0 Å². The maximum absolute atomic E-state index is 12.0. The first-order chi connectivity index (χ1) is 7.04. The van der Waals surface area contributed by atoms with E-state index in [1.807, 2.05) is 0 Å². The van der Waals surface area contributed by atoms with Crippen molar-refractivity contribution in [2.24, 2.45) is 11.8 Å². The minimum Gasteiger partial charge on any atom is -0.369 e. The van der Waals surface area contributed by atoms with E-state index in [9.17, 15) is 13.2 Å². The average Bonchev–Trinajstić information content (AvgIpc) is 2.16. The van der Waals surface area contributed by atoms with Crippen molar-refractivity contribution >= 4 is 0 Å². The van der Waals surface area contributed by atoms with Gasteiger partial charge in [0.25, 0.3) is 0 Å². The van der Waals surface area contributed by atoms with Gasteiger partial charge < -0.3 is 4.74 Å². The van der Waals surface area contributed by atoms with E-state index in [-0.39, 0.29) is 6.10 Å². The number of alkyl halides is 3. The van der Waals surface area contributed by atoms with Crippen molar-refractivity contribution in [1.29, 1.82) is 0 Å². The molecule has 2 aliphatic rings. The predicted molar refractivity (Wildman–Crippen MR) is 50.5 cm³/mol. The van der Waals surface area contributed by atoms with E-state index in [1.54, 1.807) is 0 Å². The van der Waals surface area contributed by atoms with Gasteiger partial charge in [0, 0.05) is 0 Å². The highest BCUT2D eigenvalue weighted by molar-refractivity contribution is 4.85. The summed E-state index contributed by atoms with van der Waals surface area (Å²) in [5, 5.41) is 0. The summed E-state index contributed by atoms with van der Waals surface area (Å²) in [4.78, 5) is 0. The molecule has 0 aromatic heterocycles. The third kappa shape index (κ3) is 3.10. The summed E-state index contributed by atoms with van der Waals surface area (Å²) in [5.74, 6) is 1.15. The molecule has 0 N–H and O–H groups in total. The molecule has 3 atom stereocenters. The first-order valence-electron chi connectivity index (χ1n) is 5.73. The largest absolute Gasteiger partial charge is 0.411 e. The van der Waals surface area contributed by atoms with Crippen LogP contribution in [0.1, 0.15) is 38.5 Å². The summed E-state index contributed by atoms with van der Waals surface area (Å²) in [6, 6.07) is 0. The van der Waals surface area contributed by atoms with E-state index in [4.69, 9.17) is 4.74 Å². The molecule has 0 aromatic carbocycles. The highest BCUT2D eigenvalue weighted by Gasteiger charge is 2.36. The SMILES string of the molecule is FC(F)(F)CO[13C@@H]1CC[C@H]2CCC[C@@H]1C2. The van der Waals surface area contributed by atoms with Gasteiger partial charge in [-0.2, -0.15) is 13.2 Å². The van der Waals surface area contributed by atoms with Crippen LogP contribution in [0.25, 0.3) is 0 Å². The Morgan fingerprint density at radius 3 is 2.60 bits per heavy atom. The number of rotatable bonds is 2. The minimum atomic E-state index is -4.18. The fraction of sp³-hybridized carbons (Fsp3) is 1.00. The average molecular weight is 223 g/mol. The first-order valence-corrected chi connectivity index (χ1v) is 5.73. The van der Waals surface area contributed by atoms with Crippen molar-refractivity contribution in [2.45, 2.75) is 50.8 Å². The molecule has 0 spiro atoms. The molecule has 2 saturated carbocycles. The summed E-state index contributed by atoms with van der Waals surface area (Å²) >= 11 is 0. The Hall–Kier alpha value is -0.250. The molecule has 0 aromatic rings. The van der Waals surface area contributed by atoms with E-state index in [0.29, 0.717) is 5.92 Å². The van der Waals surface area contributed by atoms with Gasteiger partial charge in [-0.25, -0.2) is 0 Å². The number of hydrogen-bond acceptors (Lipinski definition) is 1. The lowest BCUT2D eigenvalue weighted by Gasteiger charge is -2.40. The van der Waals surface area contributed by atoms with E-state index < -0.39 is 12.8 Å². The summed E-state index contributed by atoms with van der Waals surface area (Å²) < 4.78 is 41.0. The molecule has 4 heteroatoms. The van der Waals surface area contributed by atoms with Gasteiger partial charge in [0.2, 0.25) is 0 Å². The van der Waals surface area contributed by atoms with Gasteiger partial charge >= 0.3 is 6.18 Å². The zero-order chi connectivity index (χ0) is 10.9. The Labute approximate surface area is 88.0 Å². The van der Waals surface area contributed by atoms with Crippen molar-refractivity contribution in [3.8, 4) is 0 Å². The third-order valence-corrected chi connectivity index (χ3v) is 3.67. The summed E-state index contributed by atoms with van der Waals surface area (Å²) in [6.07, 6.45) is 2.14. The maximum Gasteiger partial charge on any atom is 0.411 e. The number of halogens is 3. The topological polar surface area (TPSA) is 9.23 Å². The second-order valence-corrected chi connectivity index (χ2v) is 4.83. The van der Waals surface area contributed by atoms with Crippen LogP contribution < -0.4 is 0 Å².